The summed E-state index contributed by atoms with van der Waals surface area (Å²) in [6.07, 6.45) is 2.10. The predicted octanol–water partition coefficient (Wildman–Crippen LogP) is 3.32. The van der Waals surface area contributed by atoms with Crippen molar-refractivity contribution < 1.29 is 9.53 Å². The zero-order valence-corrected chi connectivity index (χ0v) is 12.7. The van der Waals surface area contributed by atoms with Gasteiger partial charge in [-0.25, -0.2) is 0 Å². The molecule has 0 radical (unpaired) electrons. The van der Waals surface area contributed by atoms with Crippen LogP contribution in [0.1, 0.15) is 45.2 Å². The van der Waals surface area contributed by atoms with Crippen LogP contribution in [-0.4, -0.2) is 19.1 Å². The van der Waals surface area contributed by atoms with E-state index in [1.807, 2.05) is 26.8 Å². The summed E-state index contributed by atoms with van der Waals surface area (Å²) < 4.78 is 5.46. The molecule has 1 heterocycles. The second kappa shape index (κ2) is 6.40. The number of esters is 1. The summed E-state index contributed by atoms with van der Waals surface area (Å²) in [6.45, 7) is 7.21. The fourth-order valence-electron chi connectivity index (χ4n) is 2.50. The van der Waals surface area contributed by atoms with Crippen molar-refractivity contribution in [2.24, 2.45) is 11.3 Å². The van der Waals surface area contributed by atoms with Crippen molar-refractivity contribution in [3.05, 3.63) is 35.9 Å². The molecule has 3 heteroatoms. The second-order valence-electron chi connectivity index (χ2n) is 6.66. The van der Waals surface area contributed by atoms with Gasteiger partial charge in [-0.1, -0.05) is 30.3 Å². The van der Waals surface area contributed by atoms with E-state index >= 15 is 0 Å². The van der Waals surface area contributed by atoms with Gasteiger partial charge >= 0.3 is 5.97 Å². The van der Waals surface area contributed by atoms with E-state index in [1.165, 1.54) is 5.56 Å². The summed E-state index contributed by atoms with van der Waals surface area (Å²) in [6, 6.07) is 10.9. The summed E-state index contributed by atoms with van der Waals surface area (Å²) in [5, 5.41) is 3.54. The first-order valence-corrected chi connectivity index (χ1v) is 7.42. The number of benzene rings is 1. The zero-order valence-electron chi connectivity index (χ0n) is 12.7. The van der Waals surface area contributed by atoms with Crippen LogP contribution in [-0.2, 0) is 9.53 Å². The maximum Gasteiger partial charge on any atom is 0.311 e. The standard InChI is InChI=1S/C17H25NO2/c1-17(2,3)16(19)20-12-13-9-10-18-15(11-13)14-7-5-4-6-8-14/h4-8,13,15,18H,9-12H2,1-3H3. The Morgan fingerprint density at radius 3 is 2.65 bits per heavy atom. The largest absolute Gasteiger partial charge is 0.465 e. The van der Waals surface area contributed by atoms with Crippen LogP contribution in [0.15, 0.2) is 30.3 Å². The lowest BCUT2D eigenvalue weighted by atomic mass is 9.89. The third-order valence-electron chi connectivity index (χ3n) is 3.78. The van der Waals surface area contributed by atoms with Crippen molar-refractivity contribution in [1.29, 1.82) is 0 Å². The maximum absolute atomic E-state index is 11.8. The molecule has 1 N–H and O–H groups in total. The smallest absolute Gasteiger partial charge is 0.311 e. The number of rotatable bonds is 3. The molecular formula is C17H25NO2. The Bertz CT molecular complexity index is 436. The highest BCUT2D eigenvalue weighted by Crippen LogP contribution is 2.28. The van der Waals surface area contributed by atoms with Crippen molar-refractivity contribution in [2.75, 3.05) is 13.2 Å². The molecule has 1 saturated heterocycles. The lowest BCUT2D eigenvalue weighted by Gasteiger charge is -2.31. The van der Waals surface area contributed by atoms with Crippen LogP contribution >= 0.6 is 0 Å². The van der Waals surface area contributed by atoms with E-state index in [2.05, 4.69) is 29.6 Å². The topological polar surface area (TPSA) is 38.3 Å². The van der Waals surface area contributed by atoms with Crippen molar-refractivity contribution in [2.45, 2.75) is 39.7 Å². The number of nitrogens with one attached hydrogen (secondary N) is 1. The molecule has 0 bridgehead atoms. The number of ether oxygens (including phenoxy) is 1. The molecular weight excluding hydrogens is 250 g/mol. The number of piperidine rings is 1. The summed E-state index contributed by atoms with van der Waals surface area (Å²) in [5.74, 6) is 0.347. The third kappa shape index (κ3) is 4.07. The molecule has 1 fully saturated rings. The van der Waals surface area contributed by atoms with E-state index in [9.17, 15) is 4.79 Å². The van der Waals surface area contributed by atoms with Crippen molar-refractivity contribution in [3.8, 4) is 0 Å². The first-order chi connectivity index (χ1) is 9.47. The van der Waals surface area contributed by atoms with Gasteiger partial charge in [0.05, 0.1) is 12.0 Å². The number of carbonyl (C=O) groups is 1. The average molecular weight is 275 g/mol. The molecule has 1 aromatic rings. The Morgan fingerprint density at radius 1 is 1.30 bits per heavy atom. The van der Waals surface area contributed by atoms with Gasteiger partial charge in [-0.3, -0.25) is 4.79 Å². The monoisotopic (exact) mass is 275 g/mol. The van der Waals surface area contributed by atoms with Crippen LogP contribution in [0.25, 0.3) is 0 Å². The second-order valence-corrected chi connectivity index (χ2v) is 6.66. The van der Waals surface area contributed by atoms with Crippen LogP contribution in [0.3, 0.4) is 0 Å². The van der Waals surface area contributed by atoms with Crippen LogP contribution < -0.4 is 5.32 Å². The molecule has 0 aromatic heterocycles. The first kappa shape index (κ1) is 15.0. The molecule has 0 amide bonds. The molecule has 2 rings (SSSR count). The maximum atomic E-state index is 11.8. The normalized spacial score (nSPS) is 23.4. The van der Waals surface area contributed by atoms with E-state index in [4.69, 9.17) is 4.74 Å². The first-order valence-electron chi connectivity index (χ1n) is 7.42. The zero-order chi connectivity index (χ0) is 14.6. The molecule has 0 aliphatic carbocycles. The predicted molar refractivity (Wildman–Crippen MR) is 80.3 cm³/mol. The van der Waals surface area contributed by atoms with Gasteiger partial charge in [0, 0.05) is 6.04 Å². The summed E-state index contributed by atoms with van der Waals surface area (Å²) in [4.78, 5) is 11.8. The Morgan fingerprint density at radius 2 is 2.00 bits per heavy atom. The molecule has 3 nitrogen and oxygen atoms in total. The van der Waals surface area contributed by atoms with E-state index in [-0.39, 0.29) is 5.97 Å². The minimum atomic E-state index is -0.411. The van der Waals surface area contributed by atoms with Gasteiger partial charge in [-0.2, -0.15) is 0 Å². The van der Waals surface area contributed by atoms with Gasteiger partial charge in [-0.05, 0) is 51.6 Å². The average Bonchev–Trinajstić information content (AvgIpc) is 2.45. The highest BCUT2D eigenvalue weighted by atomic mass is 16.5. The minimum Gasteiger partial charge on any atom is -0.465 e. The number of carbonyl (C=O) groups excluding carboxylic acids is 1. The van der Waals surface area contributed by atoms with Crippen LogP contribution in [0.2, 0.25) is 0 Å². The molecule has 20 heavy (non-hydrogen) atoms. The van der Waals surface area contributed by atoms with Crippen LogP contribution in [0.5, 0.6) is 0 Å². The summed E-state index contributed by atoms with van der Waals surface area (Å²) >= 11 is 0. The van der Waals surface area contributed by atoms with Crippen LogP contribution in [0, 0.1) is 11.3 Å². The van der Waals surface area contributed by atoms with Gasteiger partial charge in [0.1, 0.15) is 0 Å². The minimum absolute atomic E-state index is 0.104. The Balaban J connectivity index is 1.87. The molecule has 110 valence electrons. The fraction of sp³-hybridized carbons (Fsp3) is 0.588. The molecule has 0 saturated carbocycles. The summed E-state index contributed by atoms with van der Waals surface area (Å²) in [7, 11) is 0. The SMILES string of the molecule is CC(C)(C)C(=O)OCC1CCNC(c2ccccc2)C1. The molecule has 2 unspecified atom stereocenters. The number of hydrogen-bond donors (Lipinski definition) is 1. The molecule has 1 aliphatic heterocycles. The lowest BCUT2D eigenvalue weighted by molar-refractivity contribution is -0.154. The van der Waals surface area contributed by atoms with E-state index < -0.39 is 5.41 Å². The van der Waals surface area contributed by atoms with Gasteiger partial charge in [0.25, 0.3) is 0 Å². The quantitative estimate of drug-likeness (QED) is 0.860. The van der Waals surface area contributed by atoms with Crippen LogP contribution in [0.4, 0.5) is 0 Å². The summed E-state index contributed by atoms with van der Waals surface area (Å²) in [5.41, 5.74) is 0.908. The molecule has 0 spiro atoms. The Hall–Kier alpha value is -1.35. The third-order valence-corrected chi connectivity index (χ3v) is 3.78. The van der Waals surface area contributed by atoms with Gasteiger partial charge in [0.2, 0.25) is 0 Å². The molecule has 2 atom stereocenters. The number of hydrogen-bond acceptors (Lipinski definition) is 3. The van der Waals surface area contributed by atoms with Gasteiger partial charge in [0.15, 0.2) is 0 Å². The highest BCUT2D eigenvalue weighted by molar-refractivity contribution is 5.75. The molecule has 1 aromatic carbocycles. The van der Waals surface area contributed by atoms with Gasteiger partial charge < -0.3 is 10.1 Å². The Kier molecular flexibility index (Phi) is 4.81. The van der Waals surface area contributed by atoms with Gasteiger partial charge in [-0.15, -0.1) is 0 Å². The lowest BCUT2D eigenvalue weighted by Crippen LogP contribution is -2.34. The van der Waals surface area contributed by atoms with E-state index in [0.717, 1.165) is 19.4 Å². The van der Waals surface area contributed by atoms with Crippen molar-refractivity contribution in [3.63, 3.8) is 0 Å². The highest BCUT2D eigenvalue weighted by Gasteiger charge is 2.27. The Labute approximate surface area is 121 Å². The molecule has 1 aliphatic rings. The fourth-order valence-corrected chi connectivity index (χ4v) is 2.50. The van der Waals surface area contributed by atoms with Crippen molar-refractivity contribution in [1.82, 2.24) is 5.32 Å². The van der Waals surface area contributed by atoms with E-state index in [0.29, 0.717) is 18.6 Å². The van der Waals surface area contributed by atoms with Crippen molar-refractivity contribution >= 4 is 5.97 Å². The van der Waals surface area contributed by atoms with E-state index in [1.54, 1.807) is 0 Å².